The Hall–Kier alpha value is -2.21. The Morgan fingerprint density at radius 2 is 2.14 bits per heavy atom. The van der Waals surface area contributed by atoms with Crippen LogP contribution in [-0.2, 0) is 29.7 Å². The zero-order chi connectivity index (χ0) is 15.1. The lowest BCUT2D eigenvalue weighted by Gasteiger charge is -2.20. The van der Waals surface area contributed by atoms with Crippen molar-refractivity contribution in [2.45, 2.75) is 20.0 Å². The van der Waals surface area contributed by atoms with Gasteiger partial charge in [-0.15, -0.1) is 0 Å². The molecule has 0 saturated heterocycles. The zero-order valence-corrected chi connectivity index (χ0v) is 12.4. The van der Waals surface area contributed by atoms with Gasteiger partial charge in [-0.05, 0) is 19.1 Å². The summed E-state index contributed by atoms with van der Waals surface area (Å²) in [6, 6.07) is 5.75. The highest BCUT2D eigenvalue weighted by Crippen LogP contribution is 2.07. The molecule has 0 bridgehead atoms. The number of imidazole rings is 1. The molecule has 2 rings (SSSR count). The standard InChI is InChI=1S/C15H20N4O2/c1-3-21-15(20)12-19(10-13-6-4-5-7-16-13)11-14-17-8-9-18(14)2/h4-9H,3,10-12H2,1-2H3. The van der Waals surface area contributed by atoms with Gasteiger partial charge in [0.2, 0.25) is 0 Å². The van der Waals surface area contributed by atoms with Gasteiger partial charge in [-0.1, -0.05) is 6.07 Å². The second-order valence-electron chi connectivity index (χ2n) is 4.73. The van der Waals surface area contributed by atoms with Crippen molar-refractivity contribution in [1.82, 2.24) is 19.4 Å². The van der Waals surface area contributed by atoms with Gasteiger partial charge in [0.1, 0.15) is 5.82 Å². The molecule has 21 heavy (non-hydrogen) atoms. The summed E-state index contributed by atoms with van der Waals surface area (Å²) in [7, 11) is 1.94. The molecule has 0 aliphatic carbocycles. The Morgan fingerprint density at radius 1 is 1.29 bits per heavy atom. The predicted molar refractivity (Wildman–Crippen MR) is 78.2 cm³/mol. The number of aromatic nitrogens is 3. The average molecular weight is 288 g/mol. The summed E-state index contributed by atoms with van der Waals surface area (Å²) in [5.74, 6) is 0.665. The third-order valence-electron chi connectivity index (χ3n) is 3.06. The van der Waals surface area contributed by atoms with Crippen molar-refractivity contribution in [1.29, 1.82) is 0 Å². The number of ether oxygens (including phenoxy) is 1. The molecule has 0 atom stereocenters. The van der Waals surface area contributed by atoms with Crippen LogP contribution in [0.15, 0.2) is 36.8 Å². The molecule has 0 spiro atoms. The molecular weight excluding hydrogens is 268 g/mol. The second-order valence-corrected chi connectivity index (χ2v) is 4.73. The van der Waals surface area contributed by atoms with Gasteiger partial charge < -0.3 is 9.30 Å². The Morgan fingerprint density at radius 3 is 2.76 bits per heavy atom. The normalized spacial score (nSPS) is 10.8. The Balaban J connectivity index is 2.06. The first-order chi connectivity index (χ1) is 10.2. The van der Waals surface area contributed by atoms with Crippen molar-refractivity contribution >= 4 is 5.97 Å². The molecule has 2 aromatic rings. The second kappa shape index (κ2) is 7.54. The Labute approximate surface area is 124 Å². The molecule has 0 radical (unpaired) electrons. The Bertz CT molecular complexity index is 568. The highest BCUT2D eigenvalue weighted by atomic mass is 16.5. The van der Waals surface area contributed by atoms with Crippen LogP contribution in [0.4, 0.5) is 0 Å². The monoisotopic (exact) mass is 288 g/mol. The molecule has 2 aromatic heterocycles. The van der Waals surface area contributed by atoms with Crippen molar-refractivity contribution in [2.24, 2.45) is 7.05 Å². The van der Waals surface area contributed by atoms with Gasteiger partial charge in [0.25, 0.3) is 0 Å². The van der Waals surface area contributed by atoms with E-state index < -0.39 is 0 Å². The quantitative estimate of drug-likeness (QED) is 0.720. The summed E-state index contributed by atoms with van der Waals surface area (Å²) in [6.45, 7) is 3.56. The number of pyridine rings is 1. The van der Waals surface area contributed by atoms with E-state index in [-0.39, 0.29) is 12.5 Å². The van der Waals surface area contributed by atoms with E-state index in [1.807, 2.05) is 40.9 Å². The summed E-state index contributed by atoms with van der Waals surface area (Å²) < 4.78 is 6.97. The number of aryl methyl sites for hydroxylation is 1. The van der Waals surface area contributed by atoms with E-state index in [0.29, 0.717) is 19.7 Å². The van der Waals surface area contributed by atoms with Gasteiger partial charge in [0.05, 0.1) is 25.4 Å². The third kappa shape index (κ3) is 4.68. The van der Waals surface area contributed by atoms with Gasteiger partial charge in [-0.2, -0.15) is 0 Å². The first-order valence-electron chi connectivity index (χ1n) is 6.93. The van der Waals surface area contributed by atoms with E-state index in [1.54, 1.807) is 19.3 Å². The third-order valence-corrected chi connectivity index (χ3v) is 3.06. The number of rotatable bonds is 7. The summed E-state index contributed by atoms with van der Waals surface area (Å²) in [5.41, 5.74) is 0.913. The fraction of sp³-hybridized carbons (Fsp3) is 0.400. The van der Waals surface area contributed by atoms with Crippen molar-refractivity contribution in [3.8, 4) is 0 Å². The van der Waals surface area contributed by atoms with Crippen LogP contribution in [0.25, 0.3) is 0 Å². The molecule has 0 unspecified atom stereocenters. The average Bonchev–Trinajstić information content (AvgIpc) is 2.85. The van der Waals surface area contributed by atoms with Crippen LogP contribution in [0.5, 0.6) is 0 Å². The minimum absolute atomic E-state index is 0.220. The lowest BCUT2D eigenvalue weighted by molar-refractivity contribution is -0.144. The molecule has 0 aromatic carbocycles. The van der Waals surface area contributed by atoms with Gasteiger partial charge in [0, 0.05) is 32.2 Å². The molecule has 0 fully saturated rings. The van der Waals surface area contributed by atoms with Crippen molar-refractivity contribution < 1.29 is 9.53 Å². The van der Waals surface area contributed by atoms with Crippen molar-refractivity contribution in [3.05, 3.63) is 48.3 Å². The topological polar surface area (TPSA) is 60.2 Å². The number of nitrogens with zero attached hydrogens (tertiary/aromatic N) is 4. The molecule has 6 heteroatoms. The first-order valence-corrected chi connectivity index (χ1v) is 6.93. The van der Waals surface area contributed by atoms with E-state index in [1.165, 1.54) is 0 Å². The smallest absolute Gasteiger partial charge is 0.320 e. The van der Waals surface area contributed by atoms with Crippen molar-refractivity contribution in [2.75, 3.05) is 13.2 Å². The SMILES string of the molecule is CCOC(=O)CN(Cc1ccccn1)Cc1nccn1C. The highest BCUT2D eigenvalue weighted by Gasteiger charge is 2.15. The van der Waals surface area contributed by atoms with Crippen LogP contribution in [0, 0.1) is 0 Å². The van der Waals surface area contributed by atoms with Crippen LogP contribution in [0.2, 0.25) is 0 Å². The van der Waals surface area contributed by atoms with Crippen LogP contribution in [0.3, 0.4) is 0 Å². The summed E-state index contributed by atoms with van der Waals surface area (Å²) in [6.07, 6.45) is 5.38. The first kappa shape index (κ1) is 15.2. The van der Waals surface area contributed by atoms with E-state index in [2.05, 4.69) is 9.97 Å². The maximum Gasteiger partial charge on any atom is 0.320 e. The van der Waals surface area contributed by atoms with Crippen LogP contribution < -0.4 is 0 Å². The van der Waals surface area contributed by atoms with E-state index in [4.69, 9.17) is 4.74 Å². The molecule has 0 amide bonds. The summed E-state index contributed by atoms with van der Waals surface area (Å²) in [4.78, 5) is 22.3. The van der Waals surface area contributed by atoms with Gasteiger partial charge in [-0.25, -0.2) is 4.98 Å². The maximum absolute atomic E-state index is 11.7. The fourth-order valence-electron chi connectivity index (χ4n) is 2.03. The molecule has 0 aliphatic rings. The van der Waals surface area contributed by atoms with Gasteiger partial charge in [-0.3, -0.25) is 14.7 Å². The largest absolute Gasteiger partial charge is 0.465 e. The summed E-state index contributed by atoms with van der Waals surface area (Å²) in [5, 5.41) is 0. The predicted octanol–water partition coefficient (Wildman–Crippen LogP) is 1.38. The molecule has 2 heterocycles. The molecule has 0 saturated carbocycles. The molecule has 0 N–H and O–H groups in total. The van der Waals surface area contributed by atoms with Crippen molar-refractivity contribution in [3.63, 3.8) is 0 Å². The number of hydrogen-bond donors (Lipinski definition) is 0. The van der Waals surface area contributed by atoms with Crippen LogP contribution >= 0.6 is 0 Å². The minimum Gasteiger partial charge on any atom is -0.465 e. The van der Waals surface area contributed by atoms with E-state index in [0.717, 1.165) is 11.5 Å². The van der Waals surface area contributed by atoms with Gasteiger partial charge >= 0.3 is 5.97 Å². The number of esters is 1. The molecule has 112 valence electrons. The number of hydrogen-bond acceptors (Lipinski definition) is 5. The zero-order valence-electron chi connectivity index (χ0n) is 12.4. The highest BCUT2D eigenvalue weighted by molar-refractivity contribution is 5.71. The van der Waals surface area contributed by atoms with Gasteiger partial charge in [0.15, 0.2) is 0 Å². The minimum atomic E-state index is -0.234. The van der Waals surface area contributed by atoms with Crippen LogP contribution in [0.1, 0.15) is 18.4 Å². The number of carbonyl (C=O) groups is 1. The Kier molecular flexibility index (Phi) is 5.45. The lowest BCUT2D eigenvalue weighted by Crippen LogP contribution is -2.31. The van der Waals surface area contributed by atoms with E-state index in [9.17, 15) is 4.79 Å². The molecule has 0 aliphatic heterocycles. The molecule has 6 nitrogen and oxygen atoms in total. The summed E-state index contributed by atoms with van der Waals surface area (Å²) >= 11 is 0. The van der Waals surface area contributed by atoms with E-state index >= 15 is 0 Å². The molecular formula is C15H20N4O2. The maximum atomic E-state index is 11.7. The number of carbonyl (C=O) groups excluding carboxylic acids is 1. The fourth-order valence-corrected chi connectivity index (χ4v) is 2.03. The lowest BCUT2D eigenvalue weighted by atomic mass is 10.3. The van der Waals surface area contributed by atoms with Crippen LogP contribution in [-0.4, -0.2) is 38.6 Å².